The normalized spacial score (nSPS) is 10.7. The van der Waals surface area contributed by atoms with Gasteiger partial charge >= 0.3 is 0 Å². The van der Waals surface area contributed by atoms with Crippen LogP contribution in [0.3, 0.4) is 0 Å². The van der Waals surface area contributed by atoms with E-state index in [0.717, 1.165) is 0 Å². The van der Waals surface area contributed by atoms with Crippen molar-refractivity contribution in [2.24, 2.45) is 0 Å². The minimum Gasteiger partial charge on any atom is -0.484 e. The molecule has 0 aliphatic carbocycles. The van der Waals surface area contributed by atoms with Gasteiger partial charge in [0.15, 0.2) is 6.61 Å². The number of nitrogens with zero attached hydrogens (tertiary/aromatic N) is 1. The third-order valence-corrected chi connectivity index (χ3v) is 4.17. The van der Waals surface area contributed by atoms with Gasteiger partial charge in [-0.25, -0.2) is 0 Å². The van der Waals surface area contributed by atoms with E-state index in [0.29, 0.717) is 28.2 Å². The zero-order chi connectivity index (χ0) is 20.1. The number of aliphatic hydroxyl groups is 1. The Morgan fingerprint density at radius 2 is 1.89 bits per heavy atom. The number of benzene rings is 2. The zero-order valence-corrected chi connectivity index (χ0v) is 15.7. The Bertz CT molecular complexity index is 1030. The van der Waals surface area contributed by atoms with Crippen LogP contribution in [0, 0.1) is 6.92 Å². The summed E-state index contributed by atoms with van der Waals surface area (Å²) in [5.41, 5.74) is 0.0597. The highest BCUT2D eigenvalue weighted by Crippen LogP contribution is 2.27. The molecule has 7 nitrogen and oxygen atoms in total. The highest BCUT2D eigenvalue weighted by molar-refractivity contribution is 5.80. The van der Waals surface area contributed by atoms with E-state index in [-0.39, 0.29) is 36.8 Å². The molecule has 0 unspecified atom stereocenters. The first-order chi connectivity index (χ1) is 13.5. The molecule has 0 saturated heterocycles. The highest BCUT2D eigenvalue weighted by atomic mass is 16.5. The first kappa shape index (κ1) is 19.4. The summed E-state index contributed by atoms with van der Waals surface area (Å²) in [6.07, 6.45) is 0. The van der Waals surface area contributed by atoms with Crippen LogP contribution in [0.2, 0.25) is 0 Å². The van der Waals surface area contributed by atoms with Crippen LogP contribution in [0.5, 0.6) is 17.2 Å². The summed E-state index contributed by atoms with van der Waals surface area (Å²) in [7, 11) is 1.58. The maximum absolute atomic E-state index is 12.8. The van der Waals surface area contributed by atoms with E-state index in [1.54, 1.807) is 44.3 Å². The van der Waals surface area contributed by atoms with Crippen molar-refractivity contribution in [3.63, 3.8) is 0 Å². The molecule has 0 spiro atoms. The van der Waals surface area contributed by atoms with Gasteiger partial charge in [-0.15, -0.1) is 0 Å². The molecule has 146 valence electrons. The van der Waals surface area contributed by atoms with E-state index in [9.17, 15) is 9.59 Å². The summed E-state index contributed by atoms with van der Waals surface area (Å²) < 4.78 is 16.9. The molecule has 0 aliphatic heterocycles. The van der Waals surface area contributed by atoms with Crippen LogP contribution in [-0.2, 0) is 4.79 Å². The SMILES string of the molecule is Cc1oc2cc(OCC(=O)N(C)CCO)ccc2c(=O)c1Oc1ccccc1. The lowest BCUT2D eigenvalue weighted by Gasteiger charge is -2.16. The van der Waals surface area contributed by atoms with E-state index in [4.69, 9.17) is 19.0 Å². The number of hydrogen-bond donors (Lipinski definition) is 1. The van der Waals surface area contributed by atoms with Crippen LogP contribution in [0.1, 0.15) is 5.76 Å². The number of aryl methyl sites for hydroxylation is 1. The summed E-state index contributed by atoms with van der Waals surface area (Å²) in [5, 5.41) is 9.22. The number of rotatable bonds is 7. The first-order valence-corrected chi connectivity index (χ1v) is 8.77. The van der Waals surface area contributed by atoms with Gasteiger partial charge in [0.2, 0.25) is 11.2 Å². The second kappa shape index (κ2) is 8.58. The minimum atomic E-state index is -0.284. The summed E-state index contributed by atoms with van der Waals surface area (Å²) in [6, 6.07) is 13.7. The fraction of sp³-hybridized carbons (Fsp3) is 0.238. The fourth-order valence-electron chi connectivity index (χ4n) is 2.61. The first-order valence-electron chi connectivity index (χ1n) is 8.77. The van der Waals surface area contributed by atoms with E-state index < -0.39 is 0 Å². The Labute approximate surface area is 161 Å². The third kappa shape index (κ3) is 4.32. The van der Waals surface area contributed by atoms with Crippen molar-refractivity contribution in [2.45, 2.75) is 6.92 Å². The number of carbonyl (C=O) groups is 1. The Morgan fingerprint density at radius 1 is 1.14 bits per heavy atom. The van der Waals surface area contributed by atoms with Crippen molar-refractivity contribution in [3.05, 3.63) is 64.5 Å². The monoisotopic (exact) mass is 383 g/mol. The second-order valence-electron chi connectivity index (χ2n) is 6.22. The minimum absolute atomic E-state index is 0.115. The molecule has 0 radical (unpaired) electrons. The molecule has 28 heavy (non-hydrogen) atoms. The largest absolute Gasteiger partial charge is 0.484 e. The summed E-state index contributed by atoms with van der Waals surface area (Å²) >= 11 is 0. The molecule has 0 fully saturated rings. The predicted octanol–water partition coefficient (Wildman–Crippen LogP) is 2.72. The predicted molar refractivity (Wildman–Crippen MR) is 104 cm³/mol. The summed E-state index contributed by atoms with van der Waals surface area (Å²) in [6.45, 7) is 1.59. The van der Waals surface area contributed by atoms with Gasteiger partial charge in [-0.3, -0.25) is 9.59 Å². The molecule has 3 aromatic rings. The standard InChI is InChI=1S/C21H21NO6/c1-14-21(28-15-6-4-3-5-7-15)20(25)17-9-8-16(12-18(17)27-14)26-13-19(24)22(2)10-11-23/h3-9,12,23H,10-11,13H2,1-2H3. The zero-order valence-electron chi connectivity index (χ0n) is 15.7. The Kier molecular flexibility index (Phi) is 5.96. The molecule has 0 saturated carbocycles. The molecule has 7 heteroatoms. The molecule has 1 heterocycles. The molecule has 1 aromatic heterocycles. The third-order valence-electron chi connectivity index (χ3n) is 4.17. The molecule has 2 aromatic carbocycles. The molecule has 0 bridgehead atoms. The molecule has 3 rings (SSSR count). The average Bonchev–Trinajstić information content (AvgIpc) is 2.70. The lowest BCUT2D eigenvalue weighted by Crippen LogP contribution is -2.33. The molecule has 0 aliphatic rings. The van der Waals surface area contributed by atoms with E-state index in [2.05, 4.69) is 0 Å². The van der Waals surface area contributed by atoms with Crippen LogP contribution in [0.4, 0.5) is 0 Å². The maximum Gasteiger partial charge on any atom is 0.260 e. The topological polar surface area (TPSA) is 89.2 Å². The van der Waals surface area contributed by atoms with Crippen molar-refractivity contribution in [2.75, 3.05) is 26.8 Å². The molecular formula is C21H21NO6. The van der Waals surface area contributed by atoms with Crippen molar-refractivity contribution in [3.8, 4) is 17.2 Å². The van der Waals surface area contributed by atoms with Crippen LogP contribution in [-0.4, -0.2) is 42.7 Å². The number of carbonyl (C=O) groups excluding carboxylic acids is 1. The van der Waals surface area contributed by atoms with Gasteiger partial charge in [-0.1, -0.05) is 18.2 Å². The van der Waals surface area contributed by atoms with Gasteiger partial charge < -0.3 is 23.9 Å². The number of amides is 1. The van der Waals surface area contributed by atoms with E-state index in [1.807, 2.05) is 18.2 Å². The molecule has 0 atom stereocenters. The lowest BCUT2D eigenvalue weighted by molar-refractivity contribution is -0.132. The summed E-state index contributed by atoms with van der Waals surface area (Å²) in [4.78, 5) is 26.1. The van der Waals surface area contributed by atoms with Gasteiger partial charge in [-0.2, -0.15) is 0 Å². The van der Waals surface area contributed by atoms with Crippen LogP contribution < -0.4 is 14.9 Å². The van der Waals surface area contributed by atoms with Gasteiger partial charge in [-0.05, 0) is 31.2 Å². The smallest absolute Gasteiger partial charge is 0.260 e. The van der Waals surface area contributed by atoms with Gasteiger partial charge in [0, 0.05) is 19.7 Å². The van der Waals surface area contributed by atoms with Gasteiger partial charge in [0.1, 0.15) is 22.8 Å². The number of fused-ring (bicyclic) bond motifs is 1. The van der Waals surface area contributed by atoms with Crippen LogP contribution in [0.25, 0.3) is 11.0 Å². The van der Waals surface area contributed by atoms with Crippen LogP contribution in [0.15, 0.2) is 57.7 Å². The number of hydrogen-bond acceptors (Lipinski definition) is 6. The average molecular weight is 383 g/mol. The number of ether oxygens (including phenoxy) is 2. The molecule has 1 N–H and O–H groups in total. The van der Waals surface area contributed by atoms with Crippen LogP contribution >= 0.6 is 0 Å². The van der Waals surface area contributed by atoms with Gasteiger partial charge in [0.25, 0.3) is 5.91 Å². The van der Waals surface area contributed by atoms with Crippen molar-refractivity contribution < 1.29 is 23.8 Å². The number of para-hydroxylation sites is 1. The quantitative estimate of drug-likeness (QED) is 0.675. The van der Waals surface area contributed by atoms with E-state index >= 15 is 0 Å². The Morgan fingerprint density at radius 3 is 2.61 bits per heavy atom. The number of likely N-dealkylation sites (N-methyl/N-ethyl adjacent to an activating group) is 1. The maximum atomic E-state index is 12.8. The number of aliphatic hydroxyl groups excluding tert-OH is 1. The van der Waals surface area contributed by atoms with E-state index in [1.165, 1.54) is 4.90 Å². The Hall–Kier alpha value is -3.32. The Balaban J connectivity index is 1.82. The van der Waals surface area contributed by atoms with Crippen molar-refractivity contribution >= 4 is 16.9 Å². The van der Waals surface area contributed by atoms with Crippen molar-refractivity contribution in [1.29, 1.82) is 0 Å². The molecular weight excluding hydrogens is 362 g/mol. The lowest BCUT2D eigenvalue weighted by atomic mass is 10.2. The van der Waals surface area contributed by atoms with Crippen molar-refractivity contribution in [1.82, 2.24) is 4.90 Å². The summed E-state index contributed by atoms with van der Waals surface area (Å²) in [5.74, 6) is 1.16. The van der Waals surface area contributed by atoms with Gasteiger partial charge in [0.05, 0.1) is 12.0 Å². The highest BCUT2D eigenvalue weighted by Gasteiger charge is 2.15. The second-order valence-corrected chi connectivity index (χ2v) is 6.22. The molecule has 1 amide bonds. The fourth-order valence-corrected chi connectivity index (χ4v) is 2.61.